The van der Waals surface area contributed by atoms with Gasteiger partial charge in [0.05, 0.1) is 0 Å². The Balaban J connectivity index is 0.000000195. The van der Waals surface area contributed by atoms with E-state index in [0.29, 0.717) is 10.8 Å². The second-order valence-corrected chi connectivity index (χ2v) is 19.5. The summed E-state index contributed by atoms with van der Waals surface area (Å²) in [5.41, 5.74) is 3.14. The lowest BCUT2D eigenvalue weighted by atomic mass is 9.97. The van der Waals surface area contributed by atoms with Crippen LogP contribution in [0.25, 0.3) is 21.5 Å². The second-order valence-electron chi connectivity index (χ2n) is 16.4. The summed E-state index contributed by atoms with van der Waals surface area (Å²) in [4.78, 5) is 10.3. The van der Waals surface area contributed by atoms with Gasteiger partial charge in [0.1, 0.15) is 9.79 Å². The normalized spacial score (nSPS) is 16.1. The third kappa shape index (κ3) is 11.5. The average molecular weight is 1090 g/mol. The molecule has 392 valence electrons. The van der Waals surface area contributed by atoms with Gasteiger partial charge in [0.2, 0.25) is 69.7 Å². The molecule has 0 saturated carbocycles. The summed E-state index contributed by atoms with van der Waals surface area (Å²) in [5, 5.41) is 13.1. The third-order valence-electron chi connectivity index (χ3n) is 11.7. The molecule has 2 N–H and O–H groups in total. The lowest BCUT2D eigenvalue weighted by Gasteiger charge is -2.26. The van der Waals surface area contributed by atoms with Crippen molar-refractivity contribution in [3.63, 3.8) is 0 Å². The summed E-state index contributed by atoms with van der Waals surface area (Å²) in [6, 6.07) is 28.8. The first-order chi connectivity index (χ1) is 34.8. The number of nitrogens with zero attached hydrogens (tertiary/aromatic N) is 1. The van der Waals surface area contributed by atoms with E-state index in [1.165, 1.54) is 29.8 Å². The number of likely N-dealkylation sites (tertiary alicyclic amines) is 1. The summed E-state index contributed by atoms with van der Waals surface area (Å²) >= 11 is 0. The minimum atomic E-state index is -5.08. The highest BCUT2D eigenvalue weighted by atomic mass is 32.2. The Morgan fingerprint density at radius 2 is 1.00 bits per heavy atom. The van der Waals surface area contributed by atoms with Crippen LogP contribution in [-0.2, 0) is 31.6 Å². The molecule has 0 aliphatic carbocycles. The van der Waals surface area contributed by atoms with Crippen LogP contribution in [-0.4, -0.2) is 52.1 Å². The Kier molecular flexibility index (Phi) is 16.2. The van der Waals surface area contributed by atoms with Crippen molar-refractivity contribution in [2.24, 2.45) is 0 Å². The molecule has 9 rings (SSSR count). The standard InChI is InChI=1S/C27H20F5NO3S.C20H14F5NO3S.C2HF3O2/c28-22-23(29)25(31)27(26(32)24(22)30)36-37(34,35)18-11-12-19-17(14-18)8-4-9-20(19)21-10-5-13-33(21)15-16-6-2-1-3-7-16;21-15-16(22)18(24)20(19(25)17(15)23)29-30(27,28)11-6-7-12-10(9-11)3-1-4-13(12)14-5-2-8-26-14;3-2(4,5)1(6)7/h1-4,6-9,11-12,14,21H,5,10,13,15H2;1,3-4,6-7,9,14,26H,2,5,8H2;(H,6,7). The minimum absolute atomic E-state index is 0.0935. The van der Waals surface area contributed by atoms with Crippen molar-refractivity contribution in [1.29, 1.82) is 0 Å². The zero-order chi connectivity index (χ0) is 54.0. The van der Waals surface area contributed by atoms with Gasteiger partial charge in [-0.3, -0.25) is 4.90 Å². The van der Waals surface area contributed by atoms with E-state index >= 15 is 0 Å². The van der Waals surface area contributed by atoms with Crippen molar-refractivity contribution in [3.05, 3.63) is 178 Å². The van der Waals surface area contributed by atoms with Gasteiger partial charge in [0, 0.05) is 18.6 Å². The number of hydrogen-bond donors (Lipinski definition) is 2. The number of hydrogen-bond acceptors (Lipinski definition) is 9. The summed E-state index contributed by atoms with van der Waals surface area (Å²) < 4.78 is 227. The summed E-state index contributed by atoms with van der Waals surface area (Å²) in [6.07, 6.45) is -1.25. The Morgan fingerprint density at radius 1 is 0.568 bits per heavy atom. The van der Waals surface area contributed by atoms with Crippen LogP contribution in [0.15, 0.2) is 113 Å². The molecule has 2 unspecified atom stereocenters. The summed E-state index contributed by atoms with van der Waals surface area (Å²) in [7, 11) is -9.81. The molecule has 0 radical (unpaired) electrons. The maximum Gasteiger partial charge on any atom is 0.490 e. The largest absolute Gasteiger partial charge is 0.490 e. The quantitative estimate of drug-likeness (QED) is 0.0589. The van der Waals surface area contributed by atoms with E-state index in [4.69, 9.17) is 9.90 Å². The van der Waals surface area contributed by atoms with Gasteiger partial charge >= 0.3 is 32.4 Å². The molecule has 2 aliphatic rings. The van der Waals surface area contributed by atoms with E-state index in [1.54, 1.807) is 30.3 Å². The van der Waals surface area contributed by atoms with Crippen LogP contribution in [0.4, 0.5) is 57.1 Å². The molecule has 7 aromatic rings. The van der Waals surface area contributed by atoms with Crippen LogP contribution >= 0.6 is 0 Å². The molecule has 0 bridgehead atoms. The number of carboxylic acids is 1. The fourth-order valence-corrected chi connectivity index (χ4v) is 10.2. The minimum Gasteiger partial charge on any atom is -0.475 e. The molecule has 2 atom stereocenters. The van der Waals surface area contributed by atoms with Crippen molar-refractivity contribution in [2.75, 3.05) is 13.1 Å². The Hall–Kier alpha value is -6.96. The average Bonchev–Trinajstić information content (AvgIpc) is 4.10. The summed E-state index contributed by atoms with van der Waals surface area (Å²) in [6.45, 7) is 2.52. The Labute approximate surface area is 411 Å². The highest BCUT2D eigenvalue weighted by molar-refractivity contribution is 7.87. The molecule has 0 amide bonds. The van der Waals surface area contributed by atoms with Crippen LogP contribution in [0.5, 0.6) is 11.5 Å². The van der Waals surface area contributed by atoms with Crippen LogP contribution in [0, 0.1) is 58.2 Å². The van der Waals surface area contributed by atoms with Crippen molar-refractivity contribution >= 4 is 47.8 Å². The van der Waals surface area contributed by atoms with Gasteiger partial charge in [-0.2, -0.15) is 47.6 Å². The van der Waals surface area contributed by atoms with E-state index in [-0.39, 0.29) is 12.1 Å². The van der Waals surface area contributed by atoms with Gasteiger partial charge < -0.3 is 18.8 Å². The van der Waals surface area contributed by atoms with Crippen molar-refractivity contribution in [2.45, 2.75) is 60.3 Å². The van der Waals surface area contributed by atoms with Gasteiger partial charge in [-0.05, 0) is 101 Å². The first-order valence-corrected chi connectivity index (χ1v) is 24.4. The molecule has 2 fully saturated rings. The molecular formula is C49H35F13N2O8S2. The monoisotopic (exact) mass is 1090 g/mol. The number of rotatable bonds is 10. The Morgan fingerprint density at radius 3 is 1.43 bits per heavy atom. The first kappa shape index (κ1) is 54.8. The molecule has 2 heterocycles. The number of carbonyl (C=O) groups is 1. The molecule has 0 aromatic heterocycles. The van der Waals surface area contributed by atoms with E-state index in [9.17, 15) is 73.9 Å². The lowest BCUT2D eigenvalue weighted by Crippen LogP contribution is -2.23. The van der Waals surface area contributed by atoms with Crippen molar-refractivity contribution in [3.8, 4) is 11.5 Å². The predicted octanol–water partition coefficient (Wildman–Crippen LogP) is 12.0. The van der Waals surface area contributed by atoms with Crippen LogP contribution in [0.2, 0.25) is 0 Å². The van der Waals surface area contributed by atoms with Gasteiger partial charge in [0.15, 0.2) is 0 Å². The smallest absolute Gasteiger partial charge is 0.475 e. The van der Waals surface area contributed by atoms with E-state index in [2.05, 4.69) is 30.7 Å². The highest BCUT2D eigenvalue weighted by Gasteiger charge is 2.38. The van der Waals surface area contributed by atoms with Gasteiger partial charge in [-0.1, -0.05) is 78.9 Å². The zero-order valence-electron chi connectivity index (χ0n) is 37.4. The van der Waals surface area contributed by atoms with Gasteiger partial charge in [-0.15, -0.1) is 0 Å². The van der Waals surface area contributed by atoms with Gasteiger partial charge in [-0.25, -0.2) is 31.1 Å². The van der Waals surface area contributed by atoms with Crippen molar-refractivity contribution < 1.29 is 92.2 Å². The SMILES string of the molecule is O=C(O)C(F)(F)F.O=S(=O)(Oc1c(F)c(F)c(F)c(F)c1F)c1ccc2c(C3CCCN3)cccc2c1.O=S(=O)(Oc1c(F)c(F)c(F)c(F)c1F)c1ccc2c(C3CCCN3Cc3ccccc3)cccc2c1. The van der Waals surface area contributed by atoms with E-state index < -0.39 is 112 Å². The van der Waals surface area contributed by atoms with Crippen LogP contribution in [0.3, 0.4) is 0 Å². The molecule has 0 spiro atoms. The van der Waals surface area contributed by atoms with Crippen LogP contribution < -0.4 is 13.7 Å². The molecule has 25 heteroatoms. The number of alkyl halides is 3. The molecule has 74 heavy (non-hydrogen) atoms. The fraction of sp³-hybridized carbons (Fsp3) is 0.204. The zero-order valence-corrected chi connectivity index (χ0v) is 39.0. The first-order valence-electron chi connectivity index (χ1n) is 21.6. The van der Waals surface area contributed by atoms with Crippen molar-refractivity contribution in [1.82, 2.24) is 10.2 Å². The molecule has 2 aliphatic heterocycles. The number of halogens is 13. The molecule has 10 nitrogen and oxygen atoms in total. The van der Waals surface area contributed by atoms with Gasteiger partial charge in [0.25, 0.3) is 0 Å². The number of aliphatic carboxylic acids is 1. The second kappa shape index (κ2) is 21.9. The predicted molar refractivity (Wildman–Crippen MR) is 238 cm³/mol. The molecule has 7 aromatic carbocycles. The third-order valence-corrected chi connectivity index (χ3v) is 14.1. The topological polar surface area (TPSA) is 139 Å². The molecule has 2 saturated heterocycles. The van der Waals surface area contributed by atoms with E-state index in [1.807, 2.05) is 30.3 Å². The summed E-state index contributed by atoms with van der Waals surface area (Å²) in [5.74, 6) is -30.0. The number of benzene rings is 7. The number of nitrogens with one attached hydrogen (secondary N) is 1. The lowest BCUT2D eigenvalue weighted by molar-refractivity contribution is -0.192. The number of fused-ring (bicyclic) bond motifs is 2. The van der Waals surface area contributed by atoms with E-state index in [0.717, 1.165) is 73.3 Å². The highest BCUT2D eigenvalue weighted by Crippen LogP contribution is 2.39. The Bertz CT molecular complexity index is 3450. The fourth-order valence-electron chi connectivity index (χ4n) is 8.25. The molecular weight excluding hydrogens is 1060 g/mol. The maximum absolute atomic E-state index is 14.0. The number of carboxylic acid groups (broad SMARTS) is 1. The van der Waals surface area contributed by atoms with Crippen LogP contribution in [0.1, 0.15) is 54.5 Å². The maximum atomic E-state index is 14.0.